The van der Waals surface area contributed by atoms with Crippen molar-refractivity contribution in [2.45, 2.75) is 69.8 Å². The Morgan fingerprint density at radius 3 is 2.76 bits per heavy atom. The van der Waals surface area contributed by atoms with E-state index in [2.05, 4.69) is 44.1 Å². The minimum absolute atomic E-state index is 0.128. The highest BCUT2D eigenvalue weighted by molar-refractivity contribution is 5.91. The topological polar surface area (TPSA) is 49.8 Å². The van der Waals surface area contributed by atoms with Crippen molar-refractivity contribution < 1.29 is 14.6 Å². The van der Waals surface area contributed by atoms with Gasteiger partial charge in [0.05, 0.1) is 12.2 Å². The first kappa shape index (κ1) is 21.9. The first-order chi connectivity index (χ1) is 15.7. The van der Waals surface area contributed by atoms with E-state index in [4.69, 9.17) is 4.74 Å². The van der Waals surface area contributed by atoms with Crippen LogP contribution in [0.15, 0.2) is 29.8 Å². The third-order valence-corrected chi connectivity index (χ3v) is 10.9. The summed E-state index contributed by atoms with van der Waals surface area (Å²) in [5.74, 6) is 2.51. The van der Waals surface area contributed by atoms with Gasteiger partial charge < -0.3 is 14.7 Å². The molecule has 5 aliphatic carbocycles. The maximum Gasteiger partial charge on any atom is 0.155 e. The van der Waals surface area contributed by atoms with Crippen LogP contribution in [0.3, 0.4) is 0 Å². The molecule has 0 aliphatic heterocycles. The summed E-state index contributed by atoms with van der Waals surface area (Å²) < 4.78 is 5.59. The molecule has 0 saturated heterocycles. The molecule has 33 heavy (non-hydrogen) atoms. The Labute approximate surface area is 198 Å². The second-order valence-electron chi connectivity index (χ2n) is 12.3. The summed E-state index contributed by atoms with van der Waals surface area (Å²) in [5, 5.41) is 11.9. The Morgan fingerprint density at radius 1 is 1.18 bits per heavy atom. The number of hydrogen-bond donors (Lipinski definition) is 1. The van der Waals surface area contributed by atoms with Gasteiger partial charge in [-0.25, -0.2) is 0 Å². The normalized spacial score (nSPS) is 43.2. The van der Waals surface area contributed by atoms with Crippen molar-refractivity contribution in [1.29, 1.82) is 0 Å². The second-order valence-corrected chi connectivity index (χ2v) is 12.3. The maximum atomic E-state index is 12.5. The molecule has 0 bridgehead atoms. The van der Waals surface area contributed by atoms with Crippen LogP contribution in [0.1, 0.15) is 68.9 Å². The van der Waals surface area contributed by atoms with Gasteiger partial charge in [-0.3, -0.25) is 4.79 Å². The van der Waals surface area contributed by atoms with E-state index >= 15 is 0 Å². The smallest absolute Gasteiger partial charge is 0.155 e. The van der Waals surface area contributed by atoms with Crippen LogP contribution in [0, 0.1) is 28.6 Å². The lowest BCUT2D eigenvalue weighted by atomic mass is 9.39. The fourth-order valence-corrected chi connectivity index (χ4v) is 9.44. The largest absolute Gasteiger partial charge is 0.387 e. The van der Waals surface area contributed by atoms with Crippen LogP contribution in [-0.2, 0) is 16.0 Å². The van der Waals surface area contributed by atoms with Crippen LogP contribution < -0.4 is 4.90 Å². The molecule has 3 fully saturated rings. The number of fused-ring (bicyclic) bond motifs is 4. The molecule has 1 N–H and O–H groups in total. The molecular formula is C29H39NO3. The van der Waals surface area contributed by atoms with E-state index in [-0.39, 0.29) is 10.8 Å². The van der Waals surface area contributed by atoms with Crippen molar-refractivity contribution in [2.75, 3.05) is 32.7 Å². The number of methoxy groups -OCH3 is 1. The van der Waals surface area contributed by atoms with E-state index in [1.165, 1.54) is 22.4 Å². The number of carbonyl (C=O) groups excluding carboxylic acids is 1. The summed E-state index contributed by atoms with van der Waals surface area (Å²) in [4.78, 5) is 14.7. The lowest BCUT2D eigenvalue weighted by molar-refractivity contribution is -0.161. The lowest BCUT2D eigenvalue weighted by Crippen LogP contribution is -2.60. The number of ketones is 1. The van der Waals surface area contributed by atoms with E-state index < -0.39 is 5.60 Å². The molecule has 5 aliphatic rings. The van der Waals surface area contributed by atoms with Gasteiger partial charge in [-0.15, -0.1) is 0 Å². The van der Waals surface area contributed by atoms with Crippen LogP contribution >= 0.6 is 0 Å². The van der Waals surface area contributed by atoms with Gasteiger partial charge in [-0.05, 0) is 103 Å². The SMILES string of the molecule is COC[C@]1(O)CC[C@H]2[C@@H]3CCC4=CC(=O)CC[C@@]45Cc4cc(N(C)C)ccc4C(C[C@@]21C)C35. The molecule has 0 aromatic heterocycles. The molecule has 4 heteroatoms. The Balaban J connectivity index is 1.54. The Bertz CT molecular complexity index is 1030. The predicted octanol–water partition coefficient (Wildman–Crippen LogP) is 4.89. The number of allylic oxidation sites excluding steroid dienone is 1. The van der Waals surface area contributed by atoms with E-state index in [1.807, 2.05) is 6.08 Å². The van der Waals surface area contributed by atoms with E-state index in [1.54, 1.807) is 7.11 Å². The average molecular weight is 450 g/mol. The van der Waals surface area contributed by atoms with Crippen LogP contribution in [0.25, 0.3) is 0 Å². The van der Waals surface area contributed by atoms with Gasteiger partial charge in [0.15, 0.2) is 5.78 Å². The highest BCUT2D eigenvalue weighted by atomic mass is 16.5. The quantitative estimate of drug-likeness (QED) is 0.714. The van der Waals surface area contributed by atoms with E-state index in [9.17, 15) is 9.90 Å². The molecule has 3 saturated carbocycles. The van der Waals surface area contributed by atoms with Crippen LogP contribution in [-0.4, -0.2) is 44.3 Å². The highest BCUT2D eigenvalue weighted by Crippen LogP contribution is 2.73. The van der Waals surface area contributed by atoms with Crippen LogP contribution in [0.4, 0.5) is 5.69 Å². The van der Waals surface area contributed by atoms with Crippen molar-refractivity contribution >= 4 is 11.5 Å². The minimum atomic E-state index is -0.746. The van der Waals surface area contributed by atoms with Crippen molar-refractivity contribution in [3.8, 4) is 0 Å². The minimum Gasteiger partial charge on any atom is -0.387 e. The summed E-state index contributed by atoms with van der Waals surface area (Å²) in [7, 11) is 5.95. The summed E-state index contributed by atoms with van der Waals surface area (Å²) in [6.07, 6.45) is 10.0. The molecular weight excluding hydrogens is 410 g/mol. The first-order valence-electron chi connectivity index (χ1n) is 13.0. The molecule has 1 spiro atoms. The molecule has 0 radical (unpaired) electrons. The van der Waals surface area contributed by atoms with Crippen molar-refractivity contribution in [3.63, 3.8) is 0 Å². The zero-order valence-electron chi connectivity index (χ0n) is 20.7. The third kappa shape index (κ3) is 2.80. The van der Waals surface area contributed by atoms with Gasteiger partial charge in [0.2, 0.25) is 0 Å². The molecule has 0 heterocycles. The maximum absolute atomic E-state index is 12.5. The van der Waals surface area contributed by atoms with Gasteiger partial charge in [0.25, 0.3) is 0 Å². The number of hydrogen-bond acceptors (Lipinski definition) is 4. The molecule has 7 atom stereocenters. The zero-order valence-corrected chi connectivity index (χ0v) is 20.7. The molecule has 2 unspecified atom stereocenters. The molecule has 0 amide bonds. The summed E-state index contributed by atoms with van der Waals surface area (Å²) in [6, 6.07) is 7.07. The number of carbonyl (C=O) groups is 1. The third-order valence-electron chi connectivity index (χ3n) is 10.9. The fraction of sp³-hybridized carbons (Fsp3) is 0.690. The average Bonchev–Trinajstić information content (AvgIpc) is 3.04. The molecule has 4 nitrogen and oxygen atoms in total. The number of rotatable bonds is 3. The van der Waals surface area contributed by atoms with Gasteiger partial charge in [-0.2, -0.15) is 0 Å². The standard InChI is InChI=1S/C29H39NO3/c1-27-16-24-22-8-6-20(30(2)3)13-18(22)15-28-11-9-21(31)14-19(28)5-7-23(26(24)28)25(27)10-12-29(27,32)17-33-4/h6,8,13-14,23-26,32H,5,7,9-12,15-17H2,1-4H3/t23-,24?,25-,26?,27-,28+,29+/m0/s1. The van der Waals surface area contributed by atoms with Gasteiger partial charge in [-0.1, -0.05) is 18.6 Å². The summed E-state index contributed by atoms with van der Waals surface area (Å²) >= 11 is 0. The Kier molecular flexibility index (Phi) is 4.75. The molecule has 178 valence electrons. The van der Waals surface area contributed by atoms with Crippen molar-refractivity contribution in [2.24, 2.45) is 28.6 Å². The Hall–Kier alpha value is -1.65. The van der Waals surface area contributed by atoms with E-state index in [0.717, 1.165) is 44.9 Å². The predicted molar refractivity (Wildman–Crippen MR) is 130 cm³/mol. The number of nitrogens with zero attached hydrogens (tertiary/aromatic N) is 1. The van der Waals surface area contributed by atoms with E-state index in [0.29, 0.717) is 42.5 Å². The number of benzene rings is 1. The van der Waals surface area contributed by atoms with Gasteiger partial charge >= 0.3 is 0 Å². The van der Waals surface area contributed by atoms with Crippen LogP contribution in [0.5, 0.6) is 0 Å². The first-order valence-corrected chi connectivity index (χ1v) is 13.0. The fourth-order valence-electron chi connectivity index (χ4n) is 9.44. The monoisotopic (exact) mass is 449 g/mol. The lowest BCUT2D eigenvalue weighted by Gasteiger charge is -2.65. The molecule has 1 aromatic carbocycles. The number of anilines is 1. The van der Waals surface area contributed by atoms with Crippen LogP contribution in [0.2, 0.25) is 0 Å². The zero-order chi connectivity index (χ0) is 23.2. The summed E-state index contributed by atoms with van der Waals surface area (Å²) in [5.41, 5.74) is 4.93. The number of aliphatic hydroxyl groups is 1. The Morgan fingerprint density at radius 2 is 2.00 bits per heavy atom. The summed E-state index contributed by atoms with van der Waals surface area (Å²) in [6.45, 7) is 2.80. The second kappa shape index (κ2) is 7.18. The molecule has 1 aromatic rings. The molecule has 6 rings (SSSR count). The van der Waals surface area contributed by atoms with Gasteiger partial charge in [0, 0.05) is 38.7 Å². The highest BCUT2D eigenvalue weighted by Gasteiger charge is 2.68. The van der Waals surface area contributed by atoms with Crippen molar-refractivity contribution in [3.05, 3.63) is 41.0 Å². The van der Waals surface area contributed by atoms with Crippen molar-refractivity contribution in [1.82, 2.24) is 0 Å². The van der Waals surface area contributed by atoms with Gasteiger partial charge in [0.1, 0.15) is 0 Å². The number of ether oxygens (including phenoxy) is 1.